The maximum atomic E-state index is 12.9. The van der Waals surface area contributed by atoms with Gasteiger partial charge in [0.15, 0.2) is 23.1 Å². The fraction of sp³-hybridized carbons (Fsp3) is 0.280. The third-order valence-electron chi connectivity index (χ3n) is 5.64. The lowest BCUT2D eigenvalue weighted by Gasteiger charge is -2.22. The van der Waals surface area contributed by atoms with Crippen molar-refractivity contribution in [2.75, 3.05) is 32.1 Å². The first-order valence-electron chi connectivity index (χ1n) is 11.2. The Hall–Kier alpha value is -3.83. The maximum absolute atomic E-state index is 12.9. The molecule has 1 aromatic heterocycles. The Labute approximate surface area is 210 Å². The van der Waals surface area contributed by atoms with Crippen molar-refractivity contribution in [3.8, 4) is 17.2 Å². The van der Waals surface area contributed by atoms with E-state index in [1.165, 1.54) is 21.3 Å². The number of anilines is 3. The van der Waals surface area contributed by atoms with Crippen molar-refractivity contribution in [3.05, 3.63) is 59.5 Å². The van der Waals surface area contributed by atoms with Crippen LogP contribution in [0, 0.1) is 5.41 Å². The Kier molecular flexibility index (Phi) is 7.04. The van der Waals surface area contributed by atoms with Crippen LogP contribution in [-0.4, -0.2) is 39.7 Å². The summed E-state index contributed by atoms with van der Waals surface area (Å²) in [6, 6.07) is 10.7. The van der Waals surface area contributed by atoms with E-state index in [1.54, 1.807) is 30.4 Å². The van der Waals surface area contributed by atoms with Gasteiger partial charge in [-0.15, -0.1) is 4.83 Å². The first-order valence-corrected chi connectivity index (χ1v) is 12.6. The number of aromatic nitrogens is 2. The molecular weight excluding hydrogens is 482 g/mol. The van der Waals surface area contributed by atoms with Gasteiger partial charge in [0.05, 0.1) is 37.3 Å². The molecular formula is C25H29N5O5S. The Bertz CT molecular complexity index is 1430. The van der Waals surface area contributed by atoms with Crippen LogP contribution in [0.25, 0.3) is 11.0 Å². The Morgan fingerprint density at radius 2 is 1.53 bits per heavy atom. The lowest BCUT2D eigenvalue weighted by molar-refractivity contribution is 0.324. The summed E-state index contributed by atoms with van der Waals surface area (Å²) in [5.41, 5.74) is 4.42. The Balaban J connectivity index is 1.68. The van der Waals surface area contributed by atoms with Gasteiger partial charge >= 0.3 is 0 Å². The molecule has 2 aromatic carbocycles. The molecule has 0 radical (unpaired) electrons. The molecule has 0 atom stereocenters. The predicted molar refractivity (Wildman–Crippen MR) is 140 cm³/mol. The van der Waals surface area contributed by atoms with Gasteiger partial charge in [0, 0.05) is 17.8 Å². The zero-order valence-corrected chi connectivity index (χ0v) is 21.6. The number of rotatable bonds is 9. The molecule has 1 aliphatic carbocycles. The number of hydrazine groups is 1. The quantitative estimate of drug-likeness (QED) is 0.356. The number of methoxy groups -OCH3 is 3. The van der Waals surface area contributed by atoms with E-state index in [-0.39, 0.29) is 16.1 Å². The summed E-state index contributed by atoms with van der Waals surface area (Å²) >= 11 is 0. The molecule has 0 saturated carbocycles. The molecule has 0 amide bonds. The minimum absolute atomic E-state index is 0.0894. The average molecular weight is 512 g/mol. The smallest absolute Gasteiger partial charge is 0.257 e. The van der Waals surface area contributed by atoms with Crippen molar-refractivity contribution in [2.45, 2.75) is 20.3 Å². The highest BCUT2D eigenvalue weighted by atomic mass is 32.2. The highest BCUT2D eigenvalue weighted by molar-refractivity contribution is 7.93. The monoisotopic (exact) mass is 511 g/mol. The molecule has 0 spiro atoms. The molecule has 190 valence electrons. The number of allylic oxidation sites excluding steroid dienone is 3. The molecule has 10 nitrogen and oxygen atoms in total. The fourth-order valence-electron chi connectivity index (χ4n) is 3.65. The molecule has 0 fully saturated rings. The SMILES string of the molecule is COc1cc(Nc2nc3ccccc3nc2NNS(=O)(=O)C2=CCC(C)(C)C=C2)cc(OC)c1OC. The first kappa shape index (κ1) is 25.3. The Morgan fingerprint density at radius 1 is 0.917 bits per heavy atom. The number of ether oxygens (including phenoxy) is 3. The van der Waals surface area contributed by atoms with Gasteiger partial charge in [0.25, 0.3) is 10.0 Å². The molecule has 4 rings (SSSR count). The number of nitrogens with zero attached hydrogens (tertiary/aromatic N) is 2. The number of sulfonamides is 1. The molecule has 1 heterocycles. The summed E-state index contributed by atoms with van der Waals surface area (Å²) in [6.07, 6.45) is 5.80. The standard InChI is InChI=1S/C25H29N5O5S/c1-25(2)12-10-17(11-13-25)36(31,32)30-29-24-23(27-18-8-6-7-9-19(18)28-24)26-16-14-20(33-3)22(35-5)21(15-16)34-4/h6-12,14-15,30H,13H2,1-5H3,(H,26,27)(H,28,29). The summed E-state index contributed by atoms with van der Waals surface area (Å²) in [5, 5.41) is 3.18. The lowest BCUT2D eigenvalue weighted by Crippen LogP contribution is -2.32. The van der Waals surface area contributed by atoms with E-state index in [0.29, 0.717) is 46.2 Å². The van der Waals surface area contributed by atoms with Crippen molar-refractivity contribution >= 4 is 38.4 Å². The molecule has 3 N–H and O–H groups in total. The van der Waals surface area contributed by atoms with Gasteiger partial charge in [-0.1, -0.05) is 38.1 Å². The van der Waals surface area contributed by atoms with Gasteiger partial charge in [0.2, 0.25) is 5.75 Å². The highest BCUT2D eigenvalue weighted by Gasteiger charge is 2.23. The van der Waals surface area contributed by atoms with Crippen molar-refractivity contribution < 1.29 is 22.6 Å². The van der Waals surface area contributed by atoms with E-state index in [1.807, 2.05) is 38.1 Å². The van der Waals surface area contributed by atoms with Crippen LogP contribution < -0.4 is 29.8 Å². The van der Waals surface area contributed by atoms with Crippen LogP contribution >= 0.6 is 0 Å². The van der Waals surface area contributed by atoms with Gasteiger partial charge in [-0.25, -0.2) is 18.4 Å². The first-order chi connectivity index (χ1) is 17.2. The van der Waals surface area contributed by atoms with E-state index in [2.05, 4.69) is 25.5 Å². The topological polar surface area (TPSA) is 124 Å². The molecule has 11 heteroatoms. The normalized spacial score (nSPS) is 14.8. The van der Waals surface area contributed by atoms with Crippen LogP contribution in [0.3, 0.4) is 0 Å². The molecule has 36 heavy (non-hydrogen) atoms. The third-order valence-corrected chi connectivity index (χ3v) is 6.93. The van der Waals surface area contributed by atoms with E-state index in [0.717, 1.165) is 0 Å². The number of para-hydroxylation sites is 2. The molecule has 0 bridgehead atoms. The van der Waals surface area contributed by atoms with Crippen LogP contribution in [0.4, 0.5) is 17.3 Å². The number of nitrogens with one attached hydrogen (secondary N) is 3. The Morgan fingerprint density at radius 3 is 2.06 bits per heavy atom. The maximum Gasteiger partial charge on any atom is 0.257 e. The van der Waals surface area contributed by atoms with Crippen LogP contribution in [0.2, 0.25) is 0 Å². The average Bonchev–Trinajstić information content (AvgIpc) is 2.86. The second-order valence-electron chi connectivity index (χ2n) is 8.81. The van der Waals surface area contributed by atoms with E-state index in [9.17, 15) is 8.42 Å². The largest absolute Gasteiger partial charge is 0.493 e. The van der Waals surface area contributed by atoms with Crippen LogP contribution in [0.15, 0.2) is 59.5 Å². The summed E-state index contributed by atoms with van der Waals surface area (Å²) in [6.45, 7) is 4.09. The van der Waals surface area contributed by atoms with E-state index < -0.39 is 10.0 Å². The number of hydrogen-bond acceptors (Lipinski definition) is 9. The van der Waals surface area contributed by atoms with Crippen molar-refractivity contribution in [1.82, 2.24) is 14.8 Å². The zero-order valence-electron chi connectivity index (χ0n) is 20.7. The summed E-state index contributed by atoms with van der Waals surface area (Å²) in [7, 11) is 0.722. The second kappa shape index (κ2) is 10.0. The minimum Gasteiger partial charge on any atom is -0.493 e. The number of benzene rings is 2. The van der Waals surface area contributed by atoms with Crippen molar-refractivity contribution in [3.63, 3.8) is 0 Å². The minimum atomic E-state index is -3.84. The number of hydrogen-bond donors (Lipinski definition) is 3. The summed E-state index contributed by atoms with van der Waals surface area (Å²) in [5.74, 6) is 1.81. The second-order valence-corrected chi connectivity index (χ2v) is 10.5. The lowest BCUT2D eigenvalue weighted by atomic mass is 9.86. The molecule has 3 aromatic rings. The zero-order chi connectivity index (χ0) is 25.9. The molecule has 1 aliphatic rings. The molecule has 0 aliphatic heterocycles. The summed E-state index contributed by atoms with van der Waals surface area (Å²) < 4.78 is 42.1. The van der Waals surface area contributed by atoms with Gasteiger partial charge in [-0.2, -0.15) is 0 Å². The fourth-order valence-corrected chi connectivity index (χ4v) is 4.54. The number of fused-ring (bicyclic) bond motifs is 1. The van der Waals surface area contributed by atoms with Gasteiger partial charge in [0.1, 0.15) is 0 Å². The van der Waals surface area contributed by atoms with Crippen LogP contribution in [-0.2, 0) is 10.0 Å². The van der Waals surface area contributed by atoms with Crippen molar-refractivity contribution in [2.24, 2.45) is 5.41 Å². The molecule has 0 saturated heterocycles. The van der Waals surface area contributed by atoms with Gasteiger partial charge in [-0.05, 0) is 30.0 Å². The predicted octanol–water partition coefficient (Wildman–Crippen LogP) is 4.52. The van der Waals surface area contributed by atoms with E-state index >= 15 is 0 Å². The summed E-state index contributed by atoms with van der Waals surface area (Å²) in [4.78, 5) is 11.8. The van der Waals surface area contributed by atoms with E-state index in [4.69, 9.17) is 14.2 Å². The van der Waals surface area contributed by atoms with Gasteiger partial charge < -0.3 is 19.5 Å². The third kappa shape index (κ3) is 5.37. The van der Waals surface area contributed by atoms with Crippen LogP contribution in [0.5, 0.6) is 17.2 Å². The molecule has 0 unspecified atom stereocenters. The van der Waals surface area contributed by atoms with Crippen molar-refractivity contribution in [1.29, 1.82) is 0 Å². The van der Waals surface area contributed by atoms with Crippen LogP contribution in [0.1, 0.15) is 20.3 Å². The highest BCUT2D eigenvalue weighted by Crippen LogP contribution is 2.41. The van der Waals surface area contributed by atoms with Gasteiger partial charge in [-0.3, -0.25) is 5.43 Å².